The second kappa shape index (κ2) is 8.60. The van der Waals surface area contributed by atoms with Gasteiger partial charge in [0, 0.05) is 11.8 Å². The molecule has 0 atom stereocenters. The Kier molecular flexibility index (Phi) is 6.51. The molecule has 0 aliphatic carbocycles. The molecule has 2 rings (SSSR count). The number of nitro benzene ring substituents is 1. The Morgan fingerprint density at radius 1 is 1.08 bits per heavy atom. The number of rotatable bonds is 8. The number of hydrazine groups is 1. The van der Waals surface area contributed by atoms with E-state index in [1.807, 2.05) is 35.2 Å². The van der Waals surface area contributed by atoms with Gasteiger partial charge in [-0.3, -0.25) is 20.3 Å². The van der Waals surface area contributed by atoms with Gasteiger partial charge in [0.2, 0.25) is 5.91 Å². The molecule has 0 heterocycles. The van der Waals surface area contributed by atoms with Crippen molar-refractivity contribution in [3.63, 3.8) is 0 Å². The van der Waals surface area contributed by atoms with Crippen molar-refractivity contribution in [1.82, 2.24) is 10.3 Å². The summed E-state index contributed by atoms with van der Waals surface area (Å²) >= 11 is 1.31. The molecule has 2 aromatic rings. The van der Waals surface area contributed by atoms with Crippen LogP contribution in [-0.2, 0) is 20.6 Å². The van der Waals surface area contributed by atoms with Crippen molar-refractivity contribution >= 4 is 33.4 Å². The van der Waals surface area contributed by atoms with Gasteiger partial charge in [0.05, 0.1) is 10.7 Å². The van der Waals surface area contributed by atoms with Crippen LogP contribution in [0.4, 0.5) is 5.69 Å². The summed E-state index contributed by atoms with van der Waals surface area (Å²) in [5.41, 5.74) is 2.53. The average Bonchev–Trinajstić information content (AvgIpc) is 2.61. The SMILES string of the molecule is O=C(CSCc1ccccc1)NNS(=O)(=O)c1ccccc1[N+](=O)[O-]. The van der Waals surface area contributed by atoms with Gasteiger partial charge in [-0.15, -0.1) is 16.6 Å². The van der Waals surface area contributed by atoms with Crippen LogP contribution < -0.4 is 10.3 Å². The molecular weight excluding hydrogens is 366 g/mol. The van der Waals surface area contributed by atoms with Crippen molar-refractivity contribution in [2.45, 2.75) is 10.6 Å². The van der Waals surface area contributed by atoms with Crippen molar-refractivity contribution in [1.29, 1.82) is 0 Å². The summed E-state index contributed by atoms with van der Waals surface area (Å²) in [6.45, 7) is 0. The summed E-state index contributed by atoms with van der Waals surface area (Å²) in [5, 5.41) is 10.9. The lowest BCUT2D eigenvalue weighted by Gasteiger charge is -2.08. The first-order valence-electron chi connectivity index (χ1n) is 7.06. The van der Waals surface area contributed by atoms with E-state index in [9.17, 15) is 23.3 Å². The second-order valence-corrected chi connectivity index (χ2v) is 7.49. The van der Waals surface area contributed by atoms with Gasteiger partial charge in [-0.2, -0.15) is 0 Å². The fraction of sp³-hybridized carbons (Fsp3) is 0.133. The highest BCUT2D eigenvalue weighted by molar-refractivity contribution is 7.99. The lowest BCUT2D eigenvalue weighted by Crippen LogP contribution is -2.42. The van der Waals surface area contributed by atoms with Crippen LogP contribution in [0.3, 0.4) is 0 Å². The van der Waals surface area contributed by atoms with Gasteiger partial charge in [-0.05, 0) is 11.6 Å². The van der Waals surface area contributed by atoms with Crippen molar-refractivity contribution < 1.29 is 18.1 Å². The Morgan fingerprint density at radius 3 is 2.40 bits per heavy atom. The maximum Gasteiger partial charge on any atom is 0.289 e. The molecule has 0 aliphatic rings. The lowest BCUT2D eigenvalue weighted by atomic mass is 10.2. The maximum atomic E-state index is 12.1. The van der Waals surface area contributed by atoms with Crippen molar-refractivity contribution in [2.24, 2.45) is 0 Å². The summed E-state index contributed by atoms with van der Waals surface area (Å²) in [7, 11) is -4.24. The fourth-order valence-corrected chi connectivity index (χ4v) is 3.71. The number of amides is 1. The van der Waals surface area contributed by atoms with E-state index >= 15 is 0 Å². The highest BCUT2D eigenvalue weighted by Gasteiger charge is 2.25. The minimum Gasteiger partial charge on any atom is -0.277 e. The lowest BCUT2D eigenvalue weighted by molar-refractivity contribution is -0.387. The van der Waals surface area contributed by atoms with E-state index in [-0.39, 0.29) is 5.75 Å². The fourth-order valence-electron chi connectivity index (χ4n) is 1.89. The van der Waals surface area contributed by atoms with Crippen LogP contribution in [0.1, 0.15) is 5.56 Å². The molecule has 0 radical (unpaired) electrons. The van der Waals surface area contributed by atoms with Crippen molar-refractivity contribution in [3.05, 3.63) is 70.3 Å². The number of hydrogen-bond acceptors (Lipinski definition) is 6. The van der Waals surface area contributed by atoms with E-state index in [0.717, 1.165) is 17.7 Å². The summed E-state index contributed by atoms with van der Waals surface area (Å²) in [4.78, 5) is 23.2. The Morgan fingerprint density at radius 2 is 1.72 bits per heavy atom. The molecule has 132 valence electrons. The largest absolute Gasteiger partial charge is 0.289 e. The quantitative estimate of drug-likeness (QED) is 0.532. The summed E-state index contributed by atoms with van der Waals surface area (Å²) in [6, 6.07) is 14.4. The molecule has 0 fully saturated rings. The van der Waals surface area contributed by atoms with Gasteiger partial charge in [0.1, 0.15) is 0 Å². The van der Waals surface area contributed by atoms with Gasteiger partial charge in [0.15, 0.2) is 4.90 Å². The molecule has 10 heteroatoms. The zero-order valence-electron chi connectivity index (χ0n) is 12.9. The number of nitrogens with zero attached hydrogens (tertiary/aromatic N) is 1. The van der Waals surface area contributed by atoms with Gasteiger partial charge >= 0.3 is 0 Å². The molecule has 1 amide bonds. The number of para-hydroxylation sites is 1. The molecule has 0 bridgehead atoms. The van der Waals surface area contributed by atoms with Gasteiger partial charge in [0.25, 0.3) is 15.7 Å². The third kappa shape index (κ3) is 5.55. The second-order valence-electron chi connectivity index (χ2n) is 4.86. The highest BCUT2D eigenvalue weighted by atomic mass is 32.2. The van der Waals surface area contributed by atoms with Crippen LogP contribution >= 0.6 is 11.8 Å². The van der Waals surface area contributed by atoms with Crippen LogP contribution in [0.5, 0.6) is 0 Å². The number of carbonyl (C=O) groups is 1. The smallest absolute Gasteiger partial charge is 0.277 e. The summed E-state index contributed by atoms with van der Waals surface area (Å²) in [5.74, 6) is 0.0857. The van der Waals surface area contributed by atoms with Crippen LogP contribution in [0, 0.1) is 10.1 Å². The van der Waals surface area contributed by atoms with Crippen LogP contribution in [0.15, 0.2) is 59.5 Å². The number of sulfonamides is 1. The molecular formula is C15H15N3O5S2. The van der Waals surface area contributed by atoms with E-state index < -0.39 is 31.4 Å². The van der Waals surface area contributed by atoms with Crippen molar-refractivity contribution in [3.8, 4) is 0 Å². The monoisotopic (exact) mass is 381 g/mol. The molecule has 0 aliphatic heterocycles. The third-order valence-corrected chi connectivity index (χ3v) is 5.32. The number of thioether (sulfide) groups is 1. The molecule has 0 saturated heterocycles. The first kappa shape index (κ1) is 18.9. The predicted octanol–water partition coefficient (Wildman–Crippen LogP) is 1.84. The number of nitro groups is 1. The molecule has 0 saturated carbocycles. The van der Waals surface area contributed by atoms with E-state index in [1.54, 1.807) is 0 Å². The predicted molar refractivity (Wildman–Crippen MR) is 94.2 cm³/mol. The number of nitrogens with one attached hydrogen (secondary N) is 2. The Hall–Kier alpha value is -2.43. The maximum absolute atomic E-state index is 12.1. The molecule has 25 heavy (non-hydrogen) atoms. The zero-order chi connectivity index (χ0) is 18.3. The molecule has 8 nitrogen and oxygen atoms in total. The molecule has 2 aromatic carbocycles. The van der Waals surface area contributed by atoms with Crippen molar-refractivity contribution in [2.75, 3.05) is 5.75 Å². The van der Waals surface area contributed by atoms with Crippen LogP contribution in [0.25, 0.3) is 0 Å². The minimum atomic E-state index is -4.24. The first-order chi connectivity index (χ1) is 11.9. The average molecular weight is 381 g/mol. The van der Waals surface area contributed by atoms with Gasteiger partial charge < -0.3 is 0 Å². The van der Waals surface area contributed by atoms with Gasteiger partial charge in [-0.25, -0.2) is 8.42 Å². The number of carbonyl (C=O) groups excluding carboxylic acids is 1. The molecule has 0 spiro atoms. The van der Waals surface area contributed by atoms with Crippen LogP contribution in [0.2, 0.25) is 0 Å². The Balaban J connectivity index is 1.89. The van der Waals surface area contributed by atoms with E-state index in [0.29, 0.717) is 5.75 Å². The molecule has 0 unspecified atom stereocenters. The van der Waals surface area contributed by atoms with E-state index in [2.05, 4.69) is 5.43 Å². The minimum absolute atomic E-state index is 0.0360. The normalized spacial score (nSPS) is 11.0. The molecule has 0 aromatic heterocycles. The Bertz CT molecular complexity index is 856. The third-order valence-electron chi connectivity index (χ3n) is 3.02. The topological polar surface area (TPSA) is 118 Å². The summed E-state index contributed by atoms with van der Waals surface area (Å²) < 4.78 is 24.2. The van der Waals surface area contributed by atoms with Crippen LogP contribution in [-0.4, -0.2) is 25.0 Å². The highest BCUT2D eigenvalue weighted by Crippen LogP contribution is 2.22. The Labute approximate surface area is 148 Å². The molecule has 2 N–H and O–H groups in total. The summed E-state index contributed by atoms with van der Waals surface area (Å²) in [6.07, 6.45) is 0. The van der Waals surface area contributed by atoms with E-state index in [1.165, 1.54) is 23.9 Å². The number of hydrogen-bond donors (Lipinski definition) is 2. The van der Waals surface area contributed by atoms with E-state index in [4.69, 9.17) is 0 Å². The standard InChI is InChI=1S/C15H15N3O5S2/c19-15(11-24-10-12-6-2-1-3-7-12)16-17-25(22,23)14-9-5-4-8-13(14)18(20)21/h1-9,17H,10-11H2,(H,16,19). The zero-order valence-corrected chi connectivity index (χ0v) is 14.5. The number of benzene rings is 2. The first-order valence-corrected chi connectivity index (χ1v) is 9.69. The van der Waals surface area contributed by atoms with Gasteiger partial charge in [-0.1, -0.05) is 42.5 Å².